The molecule has 1 aromatic rings. The lowest BCUT2D eigenvalue weighted by molar-refractivity contribution is 0.0931. The number of benzene rings is 1. The largest absolute Gasteiger partial charge is 0.351 e. The Labute approximate surface area is 119 Å². The lowest BCUT2D eigenvalue weighted by Gasteiger charge is -2.29. The molecule has 0 heterocycles. The minimum Gasteiger partial charge on any atom is -0.351 e. The summed E-state index contributed by atoms with van der Waals surface area (Å²) in [6, 6.07) is 4.38. The summed E-state index contributed by atoms with van der Waals surface area (Å²) in [5.41, 5.74) is 0.892. The van der Waals surface area contributed by atoms with Gasteiger partial charge in [0.05, 0.1) is 0 Å². The summed E-state index contributed by atoms with van der Waals surface area (Å²) in [7, 11) is 0. The molecular weight excluding hydrogens is 265 g/mol. The summed E-state index contributed by atoms with van der Waals surface area (Å²) in [4.78, 5) is 12.0. The Balaban J connectivity index is 2.72. The monoisotopic (exact) mass is 285 g/mol. The lowest BCUT2D eigenvalue weighted by atomic mass is 9.84. The van der Waals surface area contributed by atoms with Crippen LogP contribution in [-0.2, 0) is 0 Å². The molecule has 0 unspecified atom stereocenters. The normalized spacial score (nSPS) is 11.4. The van der Waals surface area contributed by atoms with Crippen LogP contribution in [0.2, 0.25) is 0 Å². The Morgan fingerprint density at radius 3 is 2.47 bits per heavy atom. The molecule has 2 nitrogen and oxygen atoms in total. The molecule has 0 aromatic heterocycles. The first-order valence-electron chi connectivity index (χ1n) is 6.58. The van der Waals surface area contributed by atoms with Gasteiger partial charge in [0.25, 0.3) is 5.91 Å². The number of hydrogen-bond donors (Lipinski definition) is 1. The molecule has 0 spiro atoms. The van der Waals surface area contributed by atoms with Crippen LogP contribution in [0.4, 0.5) is 4.39 Å². The molecule has 0 fully saturated rings. The first-order valence-corrected chi connectivity index (χ1v) is 7.11. The Kier molecular flexibility index (Phi) is 5.80. The second kappa shape index (κ2) is 6.90. The Hall–Kier alpha value is -1.09. The smallest absolute Gasteiger partial charge is 0.251 e. The number of carbonyl (C=O) groups excluding carboxylic acids is 1. The zero-order chi connectivity index (χ0) is 14.5. The van der Waals surface area contributed by atoms with Gasteiger partial charge in [0.1, 0.15) is 5.82 Å². The second-order valence-corrected chi connectivity index (χ2v) is 5.25. The molecule has 106 valence electrons. The molecule has 0 aliphatic carbocycles. The highest BCUT2D eigenvalue weighted by atomic mass is 35.5. The van der Waals surface area contributed by atoms with Gasteiger partial charge in [-0.05, 0) is 43.5 Å². The number of rotatable bonds is 6. The molecule has 0 aliphatic rings. The molecule has 1 rings (SSSR count). The third-order valence-corrected chi connectivity index (χ3v) is 4.39. The van der Waals surface area contributed by atoms with Gasteiger partial charge in [-0.15, -0.1) is 11.6 Å². The summed E-state index contributed by atoms with van der Waals surface area (Å²) in [5, 5.41) is 2.89. The predicted molar refractivity (Wildman–Crippen MR) is 77.2 cm³/mol. The molecule has 4 heteroatoms. The van der Waals surface area contributed by atoms with Crippen molar-refractivity contribution in [2.45, 2.75) is 33.6 Å². The van der Waals surface area contributed by atoms with E-state index in [1.807, 2.05) is 0 Å². The van der Waals surface area contributed by atoms with Crippen molar-refractivity contribution in [3.63, 3.8) is 0 Å². The Morgan fingerprint density at radius 1 is 1.37 bits per heavy atom. The first kappa shape index (κ1) is 16.0. The highest BCUT2D eigenvalue weighted by Crippen LogP contribution is 2.27. The quantitative estimate of drug-likeness (QED) is 0.789. The van der Waals surface area contributed by atoms with Crippen molar-refractivity contribution >= 4 is 17.5 Å². The molecule has 0 bridgehead atoms. The fourth-order valence-corrected chi connectivity index (χ4v) is 2.36. The number of halogens is 2. The third-order valence-electron chi connectivity index (χ3n) is 3.83. The van der Waals surface area contributed by atoms with Gasteiger partial charge in [-0.25, -0.2) is 4.39 Å². The van der Waals surface area contributed by atoms with Crippen molar-refractivity contribution in [3.05, 3.63) is 35.1 Å². The van der Waals surface area contributed by atoms with Crippen molar-refractivity contribution in [2.75, 3.05) is 12.4 Å². The van der Waals surface area contributed by atoms with E-state index in [2.05, 4.69) is 19.2 Å². The van der Waals surface area contributed by atoms with E-state index in [1.165, 1.54) is 12.1 Å². The number of nitrogens with one attached hydrogen (secondary N) is 1. The standard InChI is InChI=1S/C15H21ClFNO/c1-4-15(5-2,9-16)10-18-14(19)12-6-7-13(17)11(3)8-12/h6-8H,4-5,9-10H2,1-3H3,(H,18,19). The summed E-state index contributed by atoms with van der Waals surface area (Å²) < 4.78 is 13.2. The number of hydrogen-bond acceptors (Lipinski definition) is 1. The highest BCUT2D eigenvalue weighted by Gasteiger charge is 2.25. The van der Waals surface area contributed by atoms with Crippen LogP contribution in [0, 0.1) is 18.2 Å². The molecule has 0 atom stereocenters. The predicted octanol–water partition coefficient (Wildman–Crippen LogP) is 3.91. The van der Waals surface area contributed by atoms with Gasteiger partial charge < -0.3 is 5.32 Å². The van der Waals surface area contributed by atoms with Crippen LogP contribution in [0.15, 0.2) is 18.2 Å². The Morgan fingerprint density at radius 2 is 2.00 bits per heavy atom. The Bertz CT molecular complexity index is 436. The van der Waals surface area contributed by atoms with Gasteiger partial charge in [0.2, 0.25) is 0 Å². The molecule has 19 heavy (non-hydrogen) atoms. The van der Waals surface area contributed by atoms with Crippen LogP contribution in [0.1, 0.15) is 42.6 Å². The average Bonchev–Trinajstić information content (AvgIpc) is 2.43. The van der Waals surface area contributed by atoms with Crippen LogP contribution in [0.5, 0.6) is 0 Å². The van der Waals surface area contributed by atoms with E-state index in [-0.39, 0.29) is 17.1 Å². The maximum Gasteiger partial charge on any atom is 0.251 e. The SMILES string of the molecule is CCC(CC)(CCl)CNC(=O)c1ccc(F)c(C)c1. The van der Waals surface area contributed by atoms with Gasteiger partial charge >= 0.3 is 0 Å². The van der Waals surface area contributed by atoms with Crippen LogP contribution in [-0.4, -0.2) is 18.3 Å². The van der Waals surface area contributed by atoms with Gasteiger partial charge in [0, 0.05) is 23.4 Å². The van der Waals surface area contributed by atoms with E-state index in [4.69, 9.17) is 11.6 Å². The van der Waals surface area contributed by atoms with Gasteiger partial charge in [-0.2, -0.15) is 0 Å². The molecule has 0 saturated carbocycles. The third kappa shape index (κ3) is 3.93. The highest BCUT2D eigenvalue weighted by molar-refractivity contribution is 6.18. The molecule has 0 saturated heterocycles. The molecule has 0 aliphatic heterocycles. The molecule has 1 aromatic carbocycles. The van der Waals surface area contributed by atoms with Crippen molar-refractivity contribution in [1.82, 2.24) is 5.32 Å². The summed E-state index contributed by atoms with van der Waals surface area (Å²) >= 11 is 6.00. The van der Waals surface area contributed by atoms with Gasteiger partial charge in [-0.1, -0.05) is 13.8 Å². The van der Waals surface area contributed by atoms with Crippen LogP contribution in [0.3, 0.4) is 0 Å². The second-order valence-electron chi connectivity index (χ2n) is 4.99. The number of aryl methyl sites for hydroxylation is 1. The van der Waals surface area contributed by atoms with Crippen LogP contribution < -0.4 is 5.32 Å². The minimum absolute atomic E-state index is 0.0632. The lowest BCUT2D eigenvalue weighted by Crippen LogP contribution is -2.38. The number of alkyl halides is 1. The molecular formula is C15H21ClFNO. The van der Waals surface area contributed by atoms with E-state index < -0.39 is 0 Å². The minimum atomic E-state index is -0.297. The summed E-state index contributed by atoms with van der Waals surface area (Å²) in [6.45, 7) is 6.33. The summed E-state index contributed by atoms with van der Waals surface area (Å²) in [5.74, 6) is 0.0381. The van der Waals surface area contributed by atoms with E-state index in [0.29, 0.717) is 23.6 Å². The van der Waals surface area contributed by atoms with Crippen molar-refractivity contribution in [2.24, 2.45) is 5.41 Å². The summed E-state index contributed by atoms with van der Waals surface area (Å²) in [6.07, 6.45) is 1.82. The van der Waals surface area contributed by atoms with Crippen molar-refractivity contribution in [1.29, 1.82) is 0 Å². The van der Waals surface area contributed by atoms with Crippen LogP contribution >= 0.6 is 11.6 Å². The first-order chi connectivity index (χ1) is 8.98. The molecule has 0 radical (unpaired) electrons. The maximum atomic E-state index is 13.2. The average molecular weight is 286 g/mol. The van der Waals surface area contributed by atoms with E-state index in [9.17, 15) is 9.18 Å². The van der Waals surface area contributed by atoms with Gasteiger partial charge in [0.15, 0.2) is 0 Å². The van der Waals surface area contributed by atoms with Gasteiger partial charge in [-0.3, -0.25) is 4.79 Å². The maximum absolute atomic E-state index is 13.2. The number of carbonyl (C=O) groups is 1. The fourth-order valence-electron chi connectivity index (χ4n) is 1.89. The zero-order valence-corrected chi connectivity index (χ0v) is 12.5. The molecule has 1 N–H and O–H groups in total. The van der Waals surface area contributed by atoms with E-state index in [1.54, 1.807) is 13.0 Å². The van der Waals surface area contributed by atoms with E-state index >= 15 is 0 Å². The van der Waals surface area contributed by atoms with Crippen molar-refractivity contribution in [3.8, 4) is 0 Å². The van der Waals surface area contributed by atoms with E-state index in [0.717, 1.165) is 12.8 Å². The van der Waals surface area contributed by atoms with Crippen molar-refractivity contribution < 1.29 is 9.18 Å². The van der Waals surface area contributed by atoms with Crippen LogP contribution in [0.25, 0.3) is 0 Å². The zero-order valence-electron chi connectivity index (χ0n) is 11.7. The molecule has 1 amide bonds. The topological polar surface area (TPSA) is 29.1 Å². The number of amides is 1. The fraction of sp³-hybridized carbons (Fsp3) is 0.533.